The van der Waals surface area contributed by atoms with Crippen LogP contribution in [0.1, 0.15) is 19.4 Å². The summed E-state index contributed by atoms with van der Waals surface area (Å²) in [7, 11) is -3.57. The minimum absolute atomic E-state index is 0.203. The van der Waals surface area contributed by atoms with E-state index in [0.717, 1.165) is 5.56 Å². The third-order valence-electron chi connectivity index (χ3n) is 2.24. The zero-order valence-electron chi connectivity index (χ0n) is 8.98. The Balaban J connectivity index is 3.38. The van der Waals surface area contributed by atoms with Crippen molar-refractivity contribution in [1.82, 2.24) is 0 Å². The second-order valence-corrected chi connectivity index (χ2v) is 6.44. The fourth-order valence-electron chi connectivity index (χ4n) is 1.14. The Labute approximate surface area is 90.3 Å². The van der Waals surface area contributed by atoms with Crippen molar-refractivity contribution >= 4 is 9.84 Å². The molecule has 0 aliphatic rings. The average molecular weight is 223 g/mol. The molecule has 0 spiro atoms. The van der Waals surface area contributed by atoms with Crippen LogP contribution >= 0.6 is 0 Å². The number of rotatable bonds is 2. The number of hydrogen-bond acceptors (Lipinski definition) is 3. The first-order chi connectivity index (χ1) is 6.81. The lowest BCUT2D eigenvalue weighted by Crippen LogP contribution is -2.29. The molecule has 0 aliphatic carbocycles. The molecule has 0 amide bonds. The van der Waals surface area contributed by atoms with E-state index in [2.05, 4.69) is 0 Å². The maximum atomic E-state index is 12.0. The van der Waals surface area contributed by atoms with E-state index in [1.165, 1.54) is 19.9 Å². The first kappa shape index (κ1) is 11.7. The highest BCUT2D eigenvalue weighted by molar-refractivity contribution is 7.93. The van der Waals surface area contributed by atoms with Gasteiger partial charge in [0, 0.05) is 0 Å². The van der Waals surface area contributed by atoms with Crippen LogP contribution in [-0.2, 0) is 9.84 Å². The molecule has 3 nitrogen and oxygen atoms in total. The Morgan fingerprint density at radius 2 is 1.93 bits per heavy atom. The second-order valence-electron chi connectivity index (χ2n) is 3.94. The number of hydrogen-bond donors (Lipinski definition) is 0. The molecule has 0 aliphatic heterocycles. The van der Waals surface area contributed by atoms with E-state index in [0.29, 0.717) is 0 Å². The van der Waals surface area contributed by atoms with Gasteiger partial charge < -0.3 is 0 Å². The molecular weight excluding hydrogens is 210 g/mol. The lowest BCUT2D eigenvalue weighted by Gasteiger charge is -2.16. The summed E-state index contributed by atoms with van der Waals surface area (Å²) in [5.74, 6) is 0. The third kappa shape index (κ3) is 2.02. The van der Waals surface area contributed by atoms with Gasteiger partial charge in [0.15, 0.2) is 14.6 Å². The van der Waals surface area contributed by atoms with E-state index in [1.807, 2.05) is 19.1 Å². The van der Waals surface area contributed by atoms with Gasteiger partial charge in [-0.25, -0.2) is 8.42 Å². The first-order valence-corrected chi connectivity index (χ1v) is 6.02. The van der Waals surface area contributed by atoms with Crippen molar-refractivity contribution in [3.8, 4) is 6.07 Å². The van der Waals surface area contributed by atoms with Crippen molar-refractivity contribution in [1.29, 1.82) is 5.26 Å². The minimum atomic E-state index is -3.57. The number of aryl methyl sites for hydroxylation is 1. The van der Waals surface area contributed by atoms with Gasteiger partial charge in [-0.15, -0.1) is 0 Å². The molecule has 0 atom stereocenters. The Hall–Kier alpha value is -1.34. The molecule has 0 radical (unpaired) electrons. The van der Waals surface area contributed by atoms with Crippen molar-refractivity contribution in [2.45, 2.75) is 30.4 Å². The SMILES string of the molecule is Cc1cccc(S(=O)(=O)C(C)(C)C#N)c1. The van der Waals surface area contributed by atoms with Gasteiger partial charge in [0.2, 0.25) is 0 Å². The summed E-state index contributed by atoms with van der Waals surface area (Å²) in [6, 6.07) is 8.40. The molecule has 0 heterocycles. The number of nitrogens with zero attached hydrogens (tertiary/aromatic N) is 1. The van der Waals surface area contributed by atoms with Crippen molar-refractivity contribution in [2.24, 2.45) is 0 Å². The maximum Gasteiger partial charge on any atom is 0.196 e. The summed E-state index contributed by atoms with van der Waals surface area (Å²) >= 11 is 0. The molecule has 0 saturated carbocycles. The first-order valence-electron chi connectivity index (χ1n) is 4.54. The highest BCUT2D eigenvalue weighted by Gasteiger charge is 2.35. The van der Waals surface area contributed by atoms with E-state index >= 15 is 0 Å². The third-order valence-corrected chi connectivity index (χ3v) is 4.55. The summed E-state index contributed by atoms with van der Waals surface area (Å²) < 4.78 is 22.6. The van der Waals surface area contributed by atoms with Crippen LogP contribution in [0.15, 0.2) is 29.2 Å². The summed E-state index contributed by atoms with van der Waals surface area (Å²) in [6.07, 6.45) is 0. The van der Waals surface area contributed by atoms with E-state index < -0.39 is 14.6 Å². The van der Waals surface area contributed by atoms with Crippen LogP contribution in [0.3, 0.4) is 0 Å². The van der Waals surface area contributed by atoms with Crippen molar-refractivity contribution in [3.05, 3.63) is 29.8 Å². The highest BCUT2D eigenvalue weighted by Crippen LogP contribution is 2.24. The second kappa shape index (κ2) is 3.67. The maximum absolute atomic E-state index is 12.0. The van der Waals surface area contributed by atoms with E-state index in [4.69, 9.17) is 5.26 Å². The van der Waals surface area contributed by atoms with Crippen LogP contribution in [0, 0.1) is 18.3 Å². The molecule has 1 aromatic rings. The Morgan fingerprint density at radius 3 is 2.40 bits per heavy atom. The van der Waals surface area contributed by atoms with Crippen LogP contribution < -0.4 is 0 Å². The molecule has 1 rings (SSSR count). The lowest BCUT2D eigenvalue weighted by molar-refractivity contribution is 0.574. The minimum Gasteiger partial charge on any atom is -0.222 e. The lowest BCUT2D eigenvalue weighted by atomic mass is 10.2. The Kier molecular flexibility index (Phi) is 2.87. The molecule has 0 N–H and O–H groups in total. The largest absolute Gasteiger partial charge is 0.222 e. The molecule has 0 saturated heterocycles. The zero-order chi connectivity index (χ0) is 11.7. The van der Waals surface area contributed by atoms with Gasteiger partial charge >= 0.3 is 0 Å². The Morgan fingerprint density at radius 1 is 1.33 bits per heavy atom. The van der Waals surface area contributed by atoms with Gasteiger partial charge in [-0.3, -0.25) is 0 Å². The molecule has 0 fully saturated rings. The van der Waals surface area contributed by atoms with Crippen LogP contribution in [0.5, 0.6) is 0 Å². The average Bonchev–Trinajstić information content (AvgIpc) is 2.17. The number of sulfone groups is 1. The van der Waals surface area contributed by atoms with E-state index in [-0.39, 0.29) is 4.90 Å². The standard InChI is InChI=1S/C11H13NO2S/c1-9-5-4-6-10(7-9)15(13,14)11(2,3)8-12/h4-7H,1-3H3. The summed E-state index contributed by atoms with van der Waals surface area (Å²) in [6.45, 7) is 4.63. The van der Waals surface area contributed by atoms with Crippen LogP contribution in [-0.4, -0.2) is 13.2 Å². The highest BCUT2D eigenvalue weighted by atomic mass is 32.2. The van der Waals surface area contributed by atoms with E-state index in [1.54, 1.807) is 12.1 Å². The molecule has 0 unspecified atom stereocenters. The van der Waals surface area contributed by atoms with Gasteiger partial charge in [0.1, 0.15) is 0 Å². The predicted molar refractivity (Wildman–Crippen MR) is 58.1 cm³/mol. The molecule has 1 aromatic carbocycles. The normalized spacial score (nSPS) is 12.1. The molecular formula is C11H13NO2S. The number of nitriles is 1. The quantitative estimate of drug-likeness (QED) is 0.771. The van der Waals surface area contributed by atoms with E-state index in [9.17, 15) is 8.42 Å². The monoisotopic (exact) mass is 223 g/mol. The number of benzene rings is 1. The molecule has 4 heteroatoms. The summed E-state index contributed by atoms with van der Waals surface area (Å²) in [4.78, 5) is 0.203. The molecule has 15 heavy (non-hydrogen) atoms. The zero-order valence-corrected chi connectivity index (χ0v) is 9.80. The summed E-state index contributed by atoms with van der Waals surface area (Å²) in [5, 5.41) is 8.83. The fraction of sp³-hybridized carbons (Fsp3) is 0.364. The molecule has 0 aromatic heterocycles. The van der Waals surface area contributed by atoms with Gasteiger partial charge in [-0.2, -0.15) is 5.26 Å². The van der Waals surface area contributed by atoms with Crippen molar-refractivity contribution in [2.75, 3.05) is 0 Å². The molecule has 0 bridgehead atoms. The topological polar surface area (TPSA) is 57.9 Å². The van der Waals surface area contributed by atoms with Crippen molar-refractivity contribution < 1.29 is 8.42 Å². The van der Waals surface area contributed by atoms with Crippen molar-refractivity contribution in [3.63, 3.8) is 0 Å². The molecule has 80 valence electrons. The van der Waals surface area contributed by atoms with Gasteiger partial charge in [0.05, 0.1) is 11.0 Å². The van der Waals surface area contributed by atoms with Gasteiger partial charge in [-0.05, 0) is 38.5 Å². The smallest absolute Gasteiger partial charge is 0.196 e. The summed E-state index contributed by atoms with van der Waals surface area (Å²) in [5.41, 5.74) is 0.866. The van der Waals surface area contributed by atoms with Gasteiger partial charge in [-0.1, -0.05) is 12.1 Å². The Bertz CT molecular complexity index is 510. The van der Waals surface area contributed by atoms with Crippen LogP contribution in [0.25, 0.3) is 0 Å². The fourth-order valence-corrected chi connectivity index (χ4v) is 2.45. The van der Waals surface area contributed by atoms with Crippen LogP contribution in [0.4, 0.5) is 0 Å². The predicted octanol–water partition coefficient (Wildman–Crippen LogP) is 2.07. The van der Waals surface area contributed by atoms with Crippen LogP contribution in [0.2, 0.25) is 0 Å². The van der Waals surface area contributed by atoms with Gasteiger partial charge in [0.25, 0.3) is 0 Å².